The van der Waals surface area contributed by atoms with E-state index in [0.717, 1.165) is 31.2 Å². The Morgan fingerprint density at radius 1 is 1.35 bits per heavy atom. The predicted octanol–water partition coefficient (Wildman–Crippen LogP) is 2.87. The minimum atomic E-state index is -0.0199. The zero-order valence-electron chi connectivity index (χ0n) is 12.0. The third-order valence-corrected chi connectivity index (χ3v) is 3.34. The standard InChI is InChI=1S/C15H21N3O2/c1-3-4-5-14(19)18-13-8-10(2)12(9-16-13)17-15(20)11-6-7-11/h8-9,11H,3-7H2,1-2H3,(H,17,20)(H,16,18,19). The van der Waals surface area contributed by atoms with Gasteiger partial charge in [0.15, 0.2) is 0 Å². The summed E-state index contributed by atoms with van der Waals surface area (Å²) < 4.78 is 0. The molecule has 2 N–H and O–H groups in total. The molecule has 1 aromatic heterocycles. The van der Waals surface area contributed by atoms with Crippen LogP contribution in [0.25, 0.3) is 0 Å². The Hall–Kier alpha value is -1.91. The van der Waals surface area contributed by atoms with Crippen molar-refractivity contribution in [3.8, 4) is 0 Å². The van der Waals surface area contributed by atoms with E-state index in [0.29, 0.717) is 17.9 Å². The number of carbonyl (C=O) groups excluding carboxylic acids is 2. The second-order valence-electron chi connectivity index (χ2n) is 5.30. The highest BCUT2D eigenvalue weighted by atomic mass is 16.2. The number of anilines is 2. The van der Waals surface area contributed by atoms with Crippen molar-refractivity contribution in [3.05, 3.63) is 17.8 Å². The van der Waals surface area contributed by atoms with Gasteiger partial charge in [0.25, 0.3) is 0 Å². The monoisotopic (exact) mass is 275 g/mol. The SMILES string of the molecule is CCCCC(=O)Nc1cc(C)c(NC(=O)C2CC2)cn1. The molecule has 1 aliphatic rings. The molecule has 1 heterocycles. The lowest BCUT2D eigenvalue weighted by Gasteiger charge is -2.10. The number of unbranched alkanes of at least 4 members (excludes halogenated alkanes) is 1. The van der Waals surface area contributed by atoms with Crippen molar-refractivity contribution in [2.45, 2.75) is 46.0 Å². The molecule has 0 saturated heterocycles. The summed E-state index contributed by atoms with van der Waals surface area (Å²) in [6.07, 6.45) is 5.93. The number of hydrogen-bond acceptors (Lipinski definition) is 3. The second kappa shape index (κ2) is 6.50. The number of aromatic nitrogens is 1. The molecule has 1 aliphatic carbocycles. The van der Waals surface area contributed by atoms with Gasteiger partial charge in [-0.3, -0.25) is 9.59 Å². The fourth-order valence-corrected chi connectivity index (χ4v) is 1.88. The van der Waals surface area contributed by atoms with E-state index in [9.17, 15) is 9.59 Å². The maximum absolute atomic E-state index is 11.7. The fraction of sp³-hybridized carbons (Fsp3) is 0.533. The molecule has 1 fully saturated rings. The van der Waals surface area contributed by atoms with Crippen molar-refractivity contribution in [3.63, 3.8) is 0 Å². The lowest BCUT2D eigenvalue weighted by atomic mass is 10.2. The van der Waals surface area contributed by atoms with E-state index in [1.54, 1.807) is 12.3 Å². The van der Waals surface area contributed by atoms with E-state index in [1.807, 2.05) is 13.8 Å². The van der Waals surface area contributed by atoms with Gasteiger partial charge >= 0.3 is 0 Å². The van der Waals surface area contributed by atoms with Crippen LogP contribution in [0.4, 0.5) is 11.5 Å². The summed E-state index contributed by atoms with van der Waals surface area (Å²) in [7, 11) is 0. The molecule has 1 aromatic rings. The van der Waals surface area contributed by atoms with Crippen LogP contribution in [0.15, 0.2) is 12.3 Å². The first kappa shape index (κ1) is 14.5. The van der Waals surface area contributed by atoms with E-state index in [1.165, 1.54) is 0 Å². The molecular weight excluding hydrogens is 254 g/mol. The van der Waals surface area contributed by atoms with Gasteiger partial charge in [-0.15, -0.1) is 0 Å². The van der Waals surface area contributed by atoms with Crippen LogP contribution >= 0.6 is 0 Å². The lowest BCUT2D eigenvalue weighted by Crippen LogP contribution is -2.16. The Morgan fingerprint density at radius 2 is 2.10 bits per heavy atom. The number of nitrogens with one attached hydrogen (secondary N) is 2. The minimum Gasteiger partial charge on any atom is -0.324 e. The van der Waals surface area contributed by atoms with E-state index in [-0.39, 0.29) is 17.7 Å². The Morgan fingerprint density at radius 3 is 2.70 bits per heavy atom. The maximum Gasteiger partial charge on any atom is 0.227 e. The molecule has 1 saturated carbocycles. The average Bonchev–Trinajstić information content (AvgIpc) is 3.24. The zero-order chi connectivity index (χ0) is 14.5. The molecule has 0 radical (unpaired) electrons. The van der Waals surface area contributed by atoms with E-state index in [4.69, 9.17) is 0 Å². The Balaban J connectivity index is 1.94. The third-order valence-electron chi connectivity index (χ3n) is 3.34. The second-order valence-corrected chi connectivity index (χ2v) is 5.30. The highest BCUT2D eigenvalue weighted by Gasteiger charge is 2.29. The smallest absolute Gasteiger partial charge is 0.227 e. The van der Waals surface area contributed by atoms with Gasteiger partial charge in [0.2, 0.25) is 11.8 Å². The number of aryl methyl sites for hydroxylation is 1. The maximum atomic E-state index is 11.7. The normalized spacial score (nSPS) is 13.9. The van der Waals surface area contributed by atoms with E-state index >= 15 is 0 Å². The largest absolute Gasteiger partial charge is 0.324 e. The molecule has 0 unspecified atom stereocenters. The fourth-order valence-electron chi connectivity index (χ4n) is 1.88. The topological polar surface area (TPSA) is 71.1 Å². The molecule has 108 valence electrons. The van der Waals surface area contributed by atoms with Crippen LogP contribution in [0.5, 0.6) is 0 Å². The van der Waals surface area contributed by atoms with E-state index < -0.39 is 0 Å². The number of rotatable bonds is 6. The van der Waals surface area contributed by atoms with Gasteiger partial charge in [-0.1, -0.05) is 13.3 Å². The van der Waals surface area contributed by atoms with Gasteiger partial charge in [-0.05, 0) is 37.8 Å². The molecule has 0 aromatic carbocycles. The van der Waals surface area contributed by atoms with Crippen molar-refractivity contribution in [1.82, 2.24) is 4.98 Å². The summed E-state index contributed by atoms with van der Waals surface area (Å²) in [5.74, 6) is 0.749. The van der Waals surface area contributed by atoms with Crippen molar-refractivity contribution in [2.24, 2.45) is 5.92 Å². The first-order valence-electron chi connectivity index (χ1n) is 7.17. The molecule has 5 heteroatoms. The summed E-state index contributed by atoms with van der Waals surface area (Å²) in [6.45, 7) is 3.94. The molecule has 0 spiro atoms. The van der Waals surface area contributed by atoms with Crippen LogP contribution in [-0.4, -0.2) is 16.8 Å². The van der Waals surface area contributed by atoms with Crippen molar-refractivity contribution in [2.75, 3.05) is 10.6 Å². The number of amides is 2. The predicted molar refractivity (Wildman–Crippen MR) is 78.5 cm³/mol. The van der Waals surface area contributed by atoms with Crippen molar-refractivity contribution in [1.29, 1.82) is 0 Å². The van der Waals surface area contributed by atoms with Crippen LogP contribution in [-0.2, 0) is 9.59 Å². The molecule has 20 heavy (non-hydrogen) atoms. The number of nitrogens with zero attached hydrogens (tertiary/aromatic N) is 1. The average molecular weight is 275 g/mol. The van der Waals surface area contributed by atoms with Crippen LogP contribution in [0.1, 0.15) is 44.6 Å². The van der Waals surface area contributed by atoms with Crippen LogP contribution in [0, 0.1) is 12.8 Å². The first-order chi connectivity index (χ1) is 9.60. The molecule has 2 rings (SSSR count). The third kappa shape index (κ3) is 4.05. The molecule has 2 amide bonds. The van der Waals surface area contributed by atoms with Crippen molar-refractivity contribution < 1.29 is 9.59 Å². The van der Waals surface area contributed by atoms with Gasteiger partial charge in [-0.2, -0.15) is 0 Å². The summed E-state index contributed by atoms with van der Waals surface area (Å²) >= 11 is 0. The van der Waals surface area contributed by atoms with Crippen LogP contribution < -0.4 is 10.6 Å². The summed E-state index contributed by atoms with van der Waals surface area (Å²) in [4.78, 5) is 27.5. The van der Waals surface area contributed by atoms with Gasteiger partial charge in [0.05, 0.1) is 11.9 Å². The van der Waals surface area contributed by atoms with Crippen molar-refractivity contribution >= 4 is 23.3 Å². The molecule has 0 aliphatic heterocycles. The molecule has 5 nitrogen and oxygen atoms in total. The lowest BCUT2D eigenvalue weighted by molar-refractivity contribution is -0.117. The number of pyridine rings is 1. The summed E-state index contributed by atoms with van der Waals surface area (Å²) in [6, 6.07) is 1.78. The van der Waals surface area contributed by atoms with E-state index in [2.05, 4.69) is 15.6 Å². The Kier molecular flexibility index (Phi) is 4.71. The van der Waals surface area contributed by atoms with Crippen LogP contribution in [0.3, 0.4) is 0 Å². The first-order valence-corrected chi connectivity index (χ1v) is 7.17. The minimum absolute atomic E-state index is 0.0199. The number of carbonyl (C=O) groups is 2. The van der Waals surface area contributed by atoms with Crippen LogP contribution in [0.2, 0.25) is 0 Å². The summed E-state index contributed by atoms with van der Waals surface area (Å²) in [5, 5.41) is 5.64. The van der Waals surface area contributed by atoms with Gasteiger partial charge < -0.3 is 10.6 Å². The quantitative estimate of drug-likeness (QED) is 0.838. The molecule has 0 bridgehead atoms. The van der Waals surface area contributed by atoms with Gasteiger partial charge in [0.1, 0.15) is 5.82 Å². The highest BCUT2D eigenvalue weighted by molar-refractivity contribution is 5.95. The van der Waals surface area contributed by atoms with Gasteiger partial charge in [-0.25, -0.2) is 4.98 Å². The Labute approximate surface area is 119 Å². The highest BCUT2D eigenvalue weighted by Crippen LogP contribution is 2.30. The Bertz CT molecular complexity index is 510. The van der Waals surface area contributed by atoms with Gasteiger partial charge in [0, 0.05) is 12.3 Å². The number of hydrogen-bond donors (Lipinski definition) is 2. The summed E-state index contributed by atoms with van der Waals surface area (Å²) in [5.41, 5.74) is 1.62. The molecule has 0 atom stereocenters. The molecular formula is C15H21N3O2. The zero-order valence-corrected chi connectivity index (χ0v) is 12.0.